The van der Waals surface area contributed by atoms with Crippen molar-refractivity contribution in [2.24, 2.45) is 0 Å². The van der Waals surface area contributed by atoms with Gasteiger partial charge in [0.25, 0.3) is 10.1 Å². The van der Waals surface area contributed by atoms with E-state index in [-0.39, 0.29) is 5.75 Å². The van der Waals surface area contributed by atoms with E-state index < -0.39 is 17.2 Å². The van der Waals surface area contributed by atoms with E-state index in [1.807, 2.05) is 0 Å². The Labute approximate surface area is 89.5 Å². The van der Waals surface area contributed by atoms with E-state index in [0.29, 0.717) is 5.46 Å². The minimum Gasteiger partial charge on any atom is -0.422 e. The van der Waals surface area contributed by atoms with Crippen LogP contribution in [0.3, 0.4) is 0 Å². The van der Waals surface area contributed by atoms with Crippen molar-refractivity contribution in [2.45, 2.75) is 0 Å². The van der Waals surface area contributed by atoms with E-state index in [2.05, 4.69) is 10.7 Å². The highest BCUT2D eigenvalue weighted by Gasteiger charge is 2.23. The van der Waals surface area contributed by atoms with Gasteiger partial charge in [0.05, 0.1) is 5.75 Å². The van der Waals surface area contributed by atoms with E-state index in [0.717, 1.165) is 0 Å². The van der Waals surface area contributed by atoms with Gasteiger partial charge < -0.3 is 5.02 Å². The fourth-order valence-electron chi connectivity index (χ4n) is 0.996. The Kier molecular flexibility index (Phi) is 4.08. The quantitative estimate of drug-likeness (QED) is 0.562. The van der Waals surface area contributed by atoms with Crippen LogP contribution in [0.2, 0.25) is 0 Å². The number of rotatable bonds is 5. The van der Waals surface area contributed by atoms with Crippen LogP contribution in [0.4, 0.5) is 0 Å². The van der Waals surface area contributed by atoms with Crippen molar-refractivity contribution in [3.63, 3.8) is 0 Å². The molecule has 1 aromatic rings. The fourth-order valence-corrected chi connectivity index (χ4v) is 1.75. The number of hydrogen-bond donors (Lipinski definition) is 1. The summed E-state index contributed by atoms with van der Waals surface area (Å²) in [5.74, 6) is -0.323. The highest BCUT2D eigenvalue weighted by molar-refractivity contribution is 7.87. The summed E-state index contributed by atoms with van der Waals surface area (Å²) in [6.07, 6.45) is 1.20. The molecule has 15 heavy (non-hydrogen) atoms. The third kappa shape index (κ3) is 3.87. The van der Waals surface area contributed by atoms with Gasteiger partial charge in [-0.25, -0.2) is 8.42 Å². The molecule has 6 heteroatoms. The Bertz CT molecular complexity index is 415. The molecule has 0 spiro atoms. The number of benzene rings is 1. The van der Waals surface area contributed by atoms with Crippen LogP contribution >= 0.6 is 0 Å². The van der Waals surface area contributed by atoms with Crippen LogP contribution in [-0.2, 0) is 14.2 Å². The van der Waals surface area contributed by atoms with Gasteiger partial charge in [-0.15, -0.1) is 6.58 Å². The monoisotopic (exact) mass is 226 g/mol. The van der Waals surface area contributed by atoms with Gasteiger partial charge in [-0.3, -0.25) is 4.10 Å². The highest BCUT2D eigenvalue weighted by Crippen LogP contribution is 1.97. The molecule has 0 atom stereocenters. The van der Waals surface area contributed by atoms with Gasteiger partial charge in [-0.1, -0.05) is 36.4 Å². The molecular weight excluding hydrogens is 215 g/mol. The van der Waals surface area contributed by atoms with E-state index in [4.69, 9.17) is 0 Å². The minimum atomic E-state index is -3.75. The summed E-state index contributed by atoms with van der Waals surface area (Å²) in [5.41, 5.74) is 0.394. The van der Waals surface area contributed by atoms with Crippen molar-refractivity contribution >= 4 is 22.7 Å². The molecule has 0 saturated carbocycles. The molecule has 0 saturated heterocycles. The Morgan fingerprint density at radius 1 is 1.40 bits per heavy atom. The molecule has 0 aromatic heterocycles. The Morgan fingerprint density at radius 2 is 2.00 bits per heavy atom. The standard InChI is InChI=1S/C9H11BO4S/c1-2-8-15(12,13)14-10(11)9-6-4-3-5-7-9/h2-7,11H,1,8H2. The molecule has 0 radical (unpaired) electrons. The van der Waals surface area contributed by atoms with Gasteiger partial charge in [0.1, 0.15) is 0 Å². The predicted octanol–water partition coefficient (Wildman–Crippen LogP) is -0.0935. The van der Waals surface area contributed by atoms with Crippen LogP contribution in [0, 0.1) is 0 Å². The van der Waals surface area contributed by atoms with Gasteiger partial charge >= 0.3 is 7.12 Å². The summed E-state index contributed by atoms with van der Waals surface area (Å²) in [6.45, 7) is 3.29. The first-order valence-electron chi connectivity index (χ1n) is 4.30. The minimum absolute atomic E-state index is 0.323. The van der Waals surface area contributed by atoms with Gasteiger partial charge in [0.15, 0.2) is 0 Å². The molecule has 0 fully saturated rings. The second-order valence-electron chi connectivity index (χ2n) is 2.87. The Morgan fingerprint density at radius 3 is 2.53 bits per heavy atom. The summed E-state index contributed by atoms with van der Waals surface area (Å²) in [5, 5.41) is 9.45. The zero-order valence-corrected chi connectivity index (χ0v) is 8.85. The molecule has 0 heterocycles. The SMILES string of the molecule is C=CCS(=O)(=O)OB(O)c1ccccc1. The molecule has 4 nitrogen and oxygen atoms in total. The van der Waals surface area contributed by atoms with Crippen molar-refractivity contribution in [3.8, 4) is 0 Å². The summed E-state index contributed by atoms with van der Waals surface area (Å²) in [4.78, 5) is 0. The van der Waals surface area contributed by atoms with Crippen molar-refractivity contribution in [3.05, 3.63) is 43.0 Å². The highest BCUT2D eigenvalue weighted by atomic mass is 32.2. The lowest BCUT2D eigenvalue weighted by molar-refractivity contribution is 0.421. The molecule has 0 unspecified atom stereocenters. The second-order valence-corrected chi connectivity index (χ2v) is 4.51. The maximum Gasteiger partial charge on any atom is 0.506 e. The molecular formula is C9H11BO4S. The second kappa shape index (κ2) is 5.11. The molecule has 80 valence electrons. The Hall–Kier alpha value is -1.11. The smallest absolute Gasteiger partial charge is 0.422 e. The maximum absolute atomic E-state index is 11.2. The third-order valence-electron chi connectivity index (χ3n) is 1.64. The zero-order chi connectivity index (χ0) is 11.3. The van der Waals surface area contributed by atoms with Crippen LogP contribution in [0.1, 0.15) is 0 Å². The van der Waals surface area contributed by atoms with Crippen molar-refractivity contribution in [1.82, 2.24) is 0 Å². The van der Waals surface area contributed by atoms with Gasteiger partial charge in [0, 0.05) is 0 Å². The van der Waals surface area contributed by atoms with Crippen LogP contribution in [0.15, 0.2) is 43.0 Å². The average molecular weight is 226 g/mol. The molecule has 0 amide bonds. The normalized spacial score (nSPS) is 11.0. The van der Waals surface area contributed by atoms with E-state index >= 15 is 0 Å². The lowest BCUT2D eigenvalue weighted by atomic mass is 9.80. The molecule has 1 aromatic carbocycles. The van der Waals surface area contributed by atoms with Crippen LogP contribution < -0.4 is 5.46 Å². The first-order valence-corrected chi connectivity index (χ1v) is 5.88. The summed E-state index contributed by atoms with van der Waals surface area (Å²) in [6, 6.07) is 8.28. The van der Waals surface area contributed by atoms with Crippen molar-refractivity contribution < 1.29 is 17.5 Å². The van der Waals surface area contributed by atoms with Crippen LogP contribution in [-0.4, -0.2) is 26.3 Å². The van der Waals surface area contributed by atoms with Gasteiger partial charge in [0.2, 0.25) is 0 Å². The summed E-state index contributed by atoms with van der Waals surface area (Å²) >= 11 is 0. The molecule has 0 aliphatic carbocycles. The van der Waals surface area contributed by atoms with Crippen LogP contribution in [0.5, 0.6) is 0 Å². The average Bonchev–Trinajstić information content (AvgIpc) is 2.18. The molecule has 0 bridgehead atoms. The number of hydrogen-bond acceptors (Lipinski definition) is 4. The molecule has 1 rings (SSSR count). The first-order chi connectivity index (χ1) is 7.05. The van der Waals surface area contributed by atoms with Crippen LogP contribution in [0.25, 0.3) is 0 Å². The maximum atomic E-state index is 11.2. The van der Waals surface area contributed by atoms with Gasteiger partial charge in [-0.2, -0.15) is 0 Å². The largest absolute Gasteiger partial charge is 0.506 e. The molecule has 0 aliphatic rings. The van der Waals surface area contributed by atoms with Crippen molar-refractivity contribution in [2.75, 3.05) is 5.75 Å². The molecule has 0 aliphatic heterocycles. The van der Waals surface area contributed by atoms with Crippen molar-refractivity contribution in [1.29, 1.82) is 0 Å². The van der Waals surface area contributed by atoms with E-state index in [1.165, 1.54) is 6.08 Å². The first kappa shape index (κ1) is 12.0. The summed E-state index contributed by atoms with van der Waals surface area (Å²) < 4.78 is 26.8. The lowest BCUT2D eigenvalue weighted by Gasteiger charge is -2.06. The topological polar surface area (TPSA) is 63.6 Å². The molecule has 1 N–H and O–H groups in total. The Balaban J connectivity index is 2.72. The van der Waals surface area contributed by atoms with E-state index in [1.54, 1.807) is 30.3 Å². The van der Waals surface area contributed by atoms with E-state index in [9.17, 15) is 13.4 Å². The predicted molar refractivity (Wildman–Crippen MR) is 59.1 cm³/mol. The zero-order valence-electron chi connectivity index (χ0n) is 8.04. The lowest BCUT2D eigenvalue weighted by Crippen LogP contribution is -2.36. The summed E-state index contributed by atoms with van der Waals surface area (Å²) in [7, 11) is -5.21. The third-order valence-corrected chi connectivity index (χ3v) is 2.76. The fraction of sp³-hybridized carbons (Fsp3) is 0.111. The van der Waals surface area contributed by atoms with Gasteiger partial charge in [-0.05, 0) is 5.46 Å².